The van der Waals surface area contributed by atoms with Crippen molar-refractivity contribution in [1.82, 2.24) is 0 Å². The maximum Gasteiger partial charge on any atom is 1.00 e. The van der Waals surface area contributed by atoms with E-state index in [1.807, 2.05) is 0 Å². The Labute approximate surface area is 176 Å². The van der Waals surface area contributed by atoms with Crippen molar-refractivity contribution >= 4 is 7.60 Å². The van der Waals surface area contributed by atoms with Crippen LogP contribution >= 0.6 is 7.60 Å². The average molecular weight is 389 g/mol. The van der Waals surface area contributed by atoms with Gasteiger partial charge in [0.25, 0.3) is 0 Å². The van der Waals surface area contributed by atoms with Crippen LogP contribution < -0.4 is 39.3 Å². The number of rotatable bonds is 17. The van der Waals surface area contributed by atoms with Gasteiger partial charge in [-0.15, -0.1) is 0 Å². The molecule has 0 amide bonds. The van der Waals surface area contributed by atoms with E-state index in [1.165, 1.54) is 44.9 Å². The fourth-order valence-electron chi connectivity index (χ4n) is 3.27. The molecule has 0 rings (SSSR count). The van der Waals surface area contributed by atoms with Gasteiger partial charge in [-0.05, 0) is 20.4 Å². The Hall–Kier alpha value is 1.03. The molecule has 0 aromatic heterocycles. The Balaban J connectivity index is 0. The summed E-state index contributed by atoms with van der Waals surface area (Å²) in [5.74, 6) is 0. The molecule has 0 unspecified atom stereocenters. The zero-order valence-corrected chi connectivity index (χ0v) is 19.2. The molecule has 0 aromatic rings. The summed E-state index contributed by atoms with van der Waals surface area (Å²) in [6.07, 6.45) is 11.3. The van der Waals surface area contributed by atoms with Crippen molar-refractivity contribution in [3.8, 4) is 0 Å². The molecule has 2 N–H and O–H groups in total. The van der Waals surface area contributed by atoms with Gasteiger partial charge in [-0.2, -0.15) is 0 Å². The third-order valence-electron chi connectivity index (χ3n) is 4.61. The Morgan fingerprint density at radius 2 is 1.16 bits per heavy atom. The van der Waals surface area contributed by atoms with Crippen LogP contribution in [0, 0.1) is 0 Å². The third kappa shape index (κ3) is 16.9. The number of hydrogen-bond acceptors (Lipinski definition) is 5. The molecule has 25 heavy (non-hydrogen) atoms. The van der Waals surface area contributed by atoms with Gasteiger partial charge >= 0.3 is 29.6 Å². The Bertz CT molecular complexity index is 335. The van der Waals surface area contributed by atoms with E-state index in [0.29, 0.717) is 6.54 Å². The number of aliphatic hydroxyl groups excluding tert-OH is 2. The number of nitrogens with zero attached hydrogens (tertiary/aromatic N) is 1. The van der Waals surface area contributed by atoms with Crippen LogP contribution in [0.2, 0.25) is 0 Å². The molecule has 0 radical (unpaired) electrons. The summed E-state index contributed by atoms with van der Waals surface area (Å²) in [6, 6.07) is 0. The zero-order chi connectivity index (χ0) is 18.3. The molecule has 146 valence electrons. The van der Waals surface area contributed by atoms with Crippen LogP contribution in [0.1, 0.15) is 71.1 Å². The van der Waals surface area contributed by atoms with Crippen LogP contribution in [0.15, 0.2) is 0 Å². The van der Waals surface area contributed by atoms with Crippen LogP contribution in [-0.2, 0) is 4.57 Å². The minimum absolute atomic E-state index is 0. The molecule has 0 fully saturated rings. The molecule has 0 aliphatic rings. The minimum Gasteiger partial charge on any atom is -0.807 e. The summed E-state index contributed by atoms with van der Waals surface area (Å²) in [4.78, 5) is 22.3. The van der Waals surface area contributed by atoms with Crippen molar-refractivity contribution in [1.29, 1.82) is 0 Å². The molecule has 0 atom stereocenters. The minimum atomic E-state index is -4.68. The predicted molar refractivity (Wildman–Crippen MR) is 93.4 cm³/mol. The predicted octanol–water partition coefficient (Wildman–Crippen LogP) is -1.42. The van der Waals surface area contributed by atoms with Crippen molar-refractivity contribution < 1.29 is 58.6 Å². The fourth-order valence-corrected chi connectivity index (χ4v) is 4.43. The quantitative estimate of drug-likeness (QED) is 0.138. The molecule has 0 aromatic carbocycles. The van der Waals surface area contributed by atoms with E-state index >= 15 is 0 Å². The topological polar surface area (TPSA) is 104 Å². The maximum atomic E-state index is 11.2. The summed E-state index contributed by atoms with van der Waals surface area (Å²) in [5, 5.41) is 18.4. The van der Waals surface area contributed by atoms with Gasteiger partial charge in [0.15, 0.2) is 0 Å². The first-order valence-corrected chi connectivity index (χ1v) is 11.2. The fraction of sp³-hybridized carbons (Fsp3) is 1.00. The molecular formula is C17H37NNaO5P. The van der Waals surface area contributed by atoms with Gasteiger partial charge in [-0.1, -0.05) is 58.3 Å². The number of hydrogen-bond donors (Lipinski definition) is 2. The van der Waals surface area contributed by atoms with Crippen LogP contribution in [0.5, 0.6) is 0 Å². The molecule has 0 heterocycles. The maximum absolute atomic E-state index is 11.2. The van der Waals surface area contributed by atoms with E-state index in [0.717, 1.165) is 19.3 Å². The molecule has 0 spiro atoms. The molecule has 0 saturated heterocycles. The molecule has 8 heteroatoms. The molecule has 0 aliphatic heterocycles. The SMILES string of the molecule is CCCCCCCCCCCC[N+](CCO)(CCO)CP(=O)([O-])[O-].[Na+]. The van der Waals surface area contributed by atoms with Crippen molar-refractivity contribution in [2.75, 3.05) is 39.1 Å². The summed E-state index contributed by atoms with van der Waals surface area (Å²) in [5.41, 5.74) is 0. The van der Waals surface area contributed by atoms with Crippen molar-refractivity contribution in [3.05, 3.63) is 0 Å². The molecule has 0 saturated carbocycles. The molecule has 6 nitrogen and oxygen atoms in total. The monoisotopic (exact) mass is 389 g/mol. The smallest absolute Gasteiger partial charge is 0.807 e. The summed E-state index contributed by atoms with van der Waals surface area (Å²) >= 11 is 0. The van der Waals surface area contributed by atoms with Gasteiger partial charge in [-0.25, -0.2) is 0 Å². The van der Waals surface area contributed by atoms with Crippen LogP contribution in [0.4, 0.5) is 0 Å². The van der Waals surface area contributed by atoms with Gasteiger partial charge in [0.2, 0.25) is 0 Å². The van der Waals surface area contributed by atoms with Gasteiger partial charge in [0.05, 0.1) is 19.8 Å². The first-order valence-electron chi connectivity index (χ1n) is 9.47. The summed E-state index contributed by atoms with van der Waals surface area (Å²) in [7, 11) is -4.68. The van der Waals surface area contributed by atoms with Crippen LogP contribution in [-0.4, -0.2) is 53.8 Å². The van der Waals surface area contributed by atoms with Crippen molar-refractivity contribution in [2.45, 2.75) is 71.1 Å². The second-order valence-corrected chi connectivity index (χ2v) is 8.40. The normalized spacial score (nSPS) is 12.2. The van der Waals surface area contributed by atoms with E-state index in [-0.39, 0.29) is 60.3 Å². The zero-order valence-electron chi connectivity index (χ0n) is 16.3. The van der Waals surface area contributed by atoms with Gasteiger partial charge in [0, 0.05) is 0 Å². The Morgan fingerprint density at radius 3 is 1.52 bits per heavy atom. The van der Waals surface area contributed by atoms with E-state index < -0.39 is 13.9 Å². The standard InChI is InChI=1S/C17H38NO5P.Na/c1-2-3-4-5-6-7-8-9-10-11-12-18(13-15-19,14-16-20)17-24(21,22)23;/h19-20H,2-17H2,1H3,(H-,21,22,23);/q;+1/p-1. The van der Waals surface area contributed by atoms with Gasteiger partial charge in [0.1, 0.15) is 19.4 Å². The van der Waals surface area contributed by atoms with E-state index in [1.54, 1.807) is 0 Å². The second-order valence-electron chi connectivity index (χ2n) is 6.89. The largest absolute Gasteiger partial charge is 1.00 e. The molecule has 0 bridgehead atoms. The van der Waals surface area contributed by atoms with Crippen LogP contribution in [0.3, 0.4) is 0 Å². The number of aliphatic hydroxyl groups is 2. The summed E-state index contributed by atoms with van der Waals surface area (Å²) < 4.78 is 11.2. The van der Waals surface area contributed by atoms with Gasteiger partial charge in [-0.3, -0.25) is 0 Å². The second kappa shape index (κ2) is 17.2. The third-order valence-corrected chi connectivity index (χ3v) is 5.55. The molecular weight excluding hydrogens is 352 g/mol. The Morgan fingerprint density at radius 1 is 0.760 bits per heavy atom. The number of quaternary nitrogens is 1. The Kier molecular flexibility index (Phi) is 19.4. The van der Waals surface area contributed by atoms with Crippen LogP contribution in [0.25, 0.3) is 0 Å². The first-order chi connectivity index (χ1) is 11.4. The molecule has 0 aliphatic carbocycles. The van der Waals surface area contributed by atoms with Crippen molar-refractivity contribution in [2.24, 2.45) is 0 Å². The van der Waals surface area contributed by atoms with E-state index in [2.05, 4.69) is 6.92 Å². The summed E-state index contributed by atoms with van der Waals surface area (Å²) in [6.45, 7) is 2.77. The van der Waals surface area contributed by atoms with E-state index in [9.17, 15) is 24.6 Å². The van der Waals surface area contributed by atoms with Gasteiger partial charge < -0.3 is 29.0 Å². The average Bonchev–Trinajstić information content (AvgIpc) is 2.48. The number of unbranched alkanes of at least 4 members (excludes halogenated alkanes) is 9. The van der Waals surface area contributed by atoms with E-state index in [4.69, 9.17) is 0 Å². The first kappa shape index (κ1) is 28.2. The van der Waals surface area contributed by atoms with Crippen molar-refractivity contribution in [3.63, 3.8) is 0 Å².